The van der Waals surface area contributed by atoms with E-state index in [-0.39, 0.29) is 18.1 Å². The molecule has 132 valence electrons. The minimum absolute atomic E-state index is 0.0460. The smallest absolute Gasteiger partial charge is 0.253 e. The van der Waals surface area contributed by atoms with Gasteiger partial charge in [-0.2, -0.15) is 0 Å². The van der Waals surface area contributed by atoms with E-state index in [0.717, 1.165) is 43.9 Å². The standard InChI is InChI=1S/C19H23N3O2S/c1-13-16(5-2-7-20-13)21-19(23)17-10-14-6-8-22(12-18(14)24-17)11-15-4-3-9-25-15/h2-5,7,9,14,17-18H,6,8,10-12H2,1H3,(H,21,23)/t14-,17+,18+/m0/s1. The lowest BCUT2D eigenvalue weighted by atomic mass is 9.91. The van der Waals surface area contributed by atoms with Gasteiger partial charge in [-0.3, -0.25) is 14.7 Å². The van der Waals surface area contributed by atoms with Crippen molar-refractivity contribution in [3.8, 4) is 0 Å². The van der Waals surface area contributed by atoms with Crippen LogP contribution in [0.2, 0.25) is 0 Å². The number of thiophene rings is 1. The summed E-state index contributed by atoms with van der Waals surface area (Å²) in [5, 5.41) is 5.09. The number of fused-ring (bicyclic) bond motifs is 1. The number of piperidine rings is 1. The number of carbonyl (C=O) groups is 1. The summed E-state index contributed by atoms with van der Waals surface area (Å²) in [5.41, 5.74) is 1.60. The van der Waals surface area contributed by atoms with Gasteiger partial charge in [-0.1, -0.05) is 6.07 Å². The number of aryl methyl sites for hydroxylation is 1. The highest BCUT2D eigenvalue weighted by molar-refractivity contribution is 7.09. The van der Waals surface area contributed by atoms with Crippen molar-refractivity contribution in [2.45, 2.75) is 38.5 Å². The van der Waals surface area contributed by atoms with Crippen molar-refractivity contribution in [1.82, 2.24) is 9.88 Å². The van der Waals surface area contributed by atoms with Crippen molar-refractivity contribution in [2.24, 2.45) is 5.92 Å². The van der Waals surface area contributed by atoms with Gasteiger partial charge in [-0.05, 0) is 55.8 Å². The molecule has 0 aliphatic carbocycles. The van der Waals surface area contributed by atoms with E-state index in [2.05, 4.69) is 32.7 Å². The average Bonchev–Trinajstić information content (AvgIpc) is 3.26. The Morgan fingerprint density at radius 3 is 3.16 bits per heavy atom. The van der Waals surface area contributed by atoms with Crippen molar-refractivity contribution >= 4 is 22.9 Å². The third-order valence-electron chi connectivity index (χ3n) is 5.15. The SMILES string of the molecule is Cc1ncccc1NC(=O)[C@H]1C[C@@H]2CCN(Cc3cccs3)C[C@H]2O1. The first kappa shape index (κ1) is 16.7. The molecule has 1 amide bonds. The van der Waals surface area contributed by atoms with Crippen molar-refractivity contribution < 1.29 is 9.53 Å². The van der Waals surface area contributed by atoms with E-state index in [4.69, 9.17) is 4.74 Å². The molecule has 2 aliphatic heterocycles. The number of likely N-dealkylation sites (tertiary alicyclic amines) is 1. The summed E-state index contributed by atoms with van der Waals surface area (Å²) in [4.78, 5) is 20.6. The van der Waals surface area contributed by atoms with Crippen LogP contribution in [0.25, 0.3) is 0 Å². The molecule has 1 N–H and O–H groups in total. The van der Waals surface area contributed by atoms with E-state index in [0.29, 0.717) is 5.92 Å². The Labute approximate surface area is 152 Å². The summed E-state index contributed by atoms with van der Waals surface area (Å²) in [5.74, 6) is 0.445. The lowest BCUT2D eigenvalue weighted by molar-refractivity contribution is -0.127. The number of hydrogen-bond donors (Lipinski definition) is 1. The number of pyridine rings is 1. The number of hydrogen-bond acceptors (Lipinski definition) is 5. The minimum atomic E-state index is -0.351. The molecular weight excluding hydrogens is 334 g/mol. The monoisotopic (exact) mass is 357 g/mol. The second-order valence-electron chi connectivity index (χ2n) is 6.89. The highest BCUT2D eigenvalue weighted by atomic mass is 32.1. The molecule has 2 saturated heterocycles. The summed E-state index contributed by atoms with van der Waals surface area (Å²) in [7, 11) is 0. The van der Waals surface area contributed by atoms with Crippen molar-refractivity contribution in [3.63, 3.8) is 0 Å². The normalized spacial score (nSPS) is 26.4. The van der Waals surface area contributed by atoms with Crippen LogP contribution < -0.4 is 5.32 Å². The van der Waals surface area contributed by atoms with Gasteiger partial charge in [-0.25, -0.2) is 0 Å². The zero-order chi connectivity index (χ0) is 17.2. The molecule has 2 aliphatic rings. The molecule has 25 heavy (non-hydrogen) atoms. The third kappa shape index (κ3) is 3.76. The quantitative estimate of drug-likeness (QED) is 0.914. The number of nitrogens with one attached hydrogen (secondary N) is 1. The van der Waals surface area contributed by atoms with E-state index in [9.17, 15) is 4.79 Å². The van der Waals surface area contributed by atoms with Gasteiger partial charge in [0.15, 0.2) is 0 Å². The van der Waals surface area contributed by atoms with Crippen LogP contribution in [0.4, 0.5) is 5.69 Å². The number of carbonyl (C=O) groups excluding carboxylic acids is 1. The summed E-state index contributed by atoms with van der Waals surface area (Å²) >= 11 is 1.80. The topological polar surface area (TPSA) is 54.5 Å². The van der Waals surface area contributed by atoms with E-state index in [1.54, 1.807) is 17.5 Å². The molecule has 0 bridgehead atoms. The molecule has 0 spiro atoms. The number of nitrogens with zero attached hydrogens (tertiary/aromatic N) is 2. The Morgan fingerprint density at radius 2 is 2.36 bits per heavy atom. The second-order valence-corrected chi connectivity index (χ2v) is 7.92. The molecule has 3 atom stereocenters. The Balaban J connectivity index is 1.34. The fourth-order valence-corrected chi connectivity index (χ4v) is 4.51. The Morgan fingerprint density at radius 1 is 1.44 bits per heavy atom. The molecule has 6 heteroatoms. The maximum atomic E-state index is 12.6. The lowest BCUT2D eigenvalue weighted by Crippen LogP contribution is -2.41. The highest BCUT2D eigenvalue weighted by Crippen LogP contribution is 2.34. The van der Waals surface area contributed by atoms with Crippen LogP contribution in [-0.4, -0.2) is 41.1 Å². The zero-order valence-electron chi connectivity index (χ0n) is 14.4. The number of ether oxygens (including phenoxy) is 1. The predicted octanol–water partition coefficient (Wildman–Crippen LogP) is 3.07. The molecular formula is C19H23N3O2S. The Bertz CT molecular complexity index is 734. The molecule has 2 aromatic rings. The molecule has 5 nitrogen and oxygen atoms in total. The first-order valence-corrected chi connectivity index (χ1v) is 9.69. The van der Waals surface area contributed by atoms with E-state index < -0.39 is 0 Å². The summed E-state index contributed by atoms with van der Waals surface area (Å²) in [6, 6.07) is 7.99. The number of anilines is 1. The van der Waals surface area contributed by atoms with Crippen molar-refractivity contribution in [2.75, 3.05) is 18.4 Å². The van der Waals surface area contributed by atoms with Crippen LogP contribution in [0, 0.1) is 12.8 Å². The molecule has 0 aromatic carbocycles. The highest BCUT2D eigenvalue weighted by Gasteiger charge is 2.41. The van der Waals surface area contributed by atoms with Gasteiger partial charge in [0.2, 0.25) is 0 Å². The molecule has 2 aromatic heterocycles. The summed E-state index contributed by atoms with van der Waals surface area (Å²) < 4.78 is 6.12. The zero-order valence-corrected chi connectivity index (χ0v) is 15.2. The Kier molecular flexibility index (Phi) is 4.83. The Hall–Kier alpha value is -1.76. The third-order valence-corrected chi connectivity index (χ3v) is 6.01. The molecule has 4 heterocycles. The maximum absolute atomic E-state index is 12.6. The van der Waals surface area contributed by atoms with Gasteiger partial charge in [-0.15, -0.1) is 11.3 Å². The average molecular weight is 357 g/mol. The van der Waals surface area contributed by atoms with E-state index in [1.807, 2.05) is 19.1 Å². The minimum Gasteiger partial charge on any atom is -0.364 e. The molecule has 0 radical (unpaired) electrons. The van der Waals surface area contributed by atoms with Gasteiger partial charge in [0, 0.05) is 24.2 Å². The summed E-state index contributed by atoms with van der Waals surface area (Å²) in [6.07, 6.45) is 3.47. The van der Waals surface area contributed by atoms with Crippen LogP contribution in [0.5, 0.6) is 0 Å². The molecule has 2 fully saturated rings. The van der Waals surface area contributed by atoms with Crippen molar-refractivity contribution in [3.05, 3.63) is 46.4 Å². The van der Waals surface area contributed by atoms with Crippen LogP contribution in [-0.2, 0) is 16.1 Å². The molecule has 0 saturated carbocycles. The molecule has 0 unspecified atom stereocenters. The number of aromatic nitrogens is 1. The van der Waals surface area contributed by atoms with Crippen LogP contribution in [0.3, 0.4) is 0 Å². The van der Waals surface area contributed by atoms with Crippen molar-refractivity contribution in [1.29, 1.82) is 0 Å². The van der Waals surface area contributed by atoms with Gasteiger partial charge in [0.25, 0.3) is 5.91 Å². The number of amides is 1. The van der Waals surface area contributed by atoms with Gasteiger partial charge in [0.1, 0.15) is 6.10 Å². The second kappa shape index (κ2) is 7.23. The first-order chi connectivity index (χ1) is 12.2. The fraction of sp³-hybridized carbons (Fsp3) is 0.474. The first-order valence-electron chi connectivity index (χ1n) is 8.82. The van der Waals surface area contributed by atoms with Gasteiger partial charge < -0.3 is 10.1 Å². The largest absolute Gasteiger partial charge is 0.364 e. The number of rotatable bonds is 4. The van der Waals surface area contributed by atoms with Gasteiger partial charge in [0.05, 0.1) is 17.5 Å². The van der Waals surface area contributed by atoms with Crippen LogP contribution in [0.1, 0.15) is 23.4 Å². The van der Waals surface area contributed by atoms with Crippen LogP contribution in [0.15, 0.2) is 35.8 Å². The van der Waals surface area contributed by atoms with Crippen LogP contribution >= 0.6 is 11.3 Å². The van der Waals surface area contributed by atoms with E-state index in [1.165, 1.54) is 4.88 Å². The summed E-state index contributed by atoms with van der Waals surface area (Å²) in [6.45, 7) is 4.88. The lowest BCUT2D eigenvalue weighted by Gasteiger charge is -2.33. The van der Waals surface area contributed by atoms with Gasteiger partial charge >= 0.3 is 0 Å². The van der Waals surface area contributed by atoms with E-state index >= 15 is 0 Å². The predicted molar refractivity (Wildman–Crippen MR) is 98.6 cm³/mol. The molecule has 4 rings (SSSR count). The fourth-order valence-electron chi connectivity index (χ4n) is 3.76. The maximum Gasteiger partial charge on any atom is 0.253 e.